The van der Waals surface area contributed by atoms with Gasteiger partial charge in [0.05, 0.1) is 33.6 Å². The lowest BCUT2D eigenvalue weighted by molar-refractivity contribution is -0.384. The Hall–Kier alpha value is -3.87. The molecule has 0 spiro atoms. The highest BCUT2D eigenvalue weighted by Gasteiger charge is 2.24. The van der Waals surface area contributed by atoms with Crippen LogP contribution in [0.3, 0.4) is 0 Å². The molecule has 0 bridgehead atoms. The lowest BCUT2D eigenvalue weighted by Crippen LogP contribution is -2.24. The molecular weight excluding hydrogens is 342 g/mol. The standard InChI is InChI=1S/C20H15N5O2/c26-25(27)15-9-7-14(8-10-15)16-13-19(17-5-1-3-11-21-17)23-24-20(16)18-6-2-4-12-22-18/h1-13,16,23H. The molecule has 1 aliphatic rings. The highest BCUT2D eigenvalue weighted by Crippen LogP contribution is 2.29. The predicted molar refractivity (Wildman–Crippen MR) is 102 cm³/mol. The fourth-order valence-corrected chi connectivity index (χ4v) is 2.93. The van der Waals surface area contributed by atoms with Crippen molar-refractivity contribution in [1.82, 2.24) is 15.4 Å². The average Bonchev–Trinajstić information content (AvgIpc) is 2.74. The Morgan fingerprint density at radius 2 is 1.56 bits per heavy atom. The van der Waals surface area contributed by atoms with Crippen molar-refractivity contribution in [3.05, 3.63) is 106 Å². The van der Waals surface area contributed by atoms with Crippen LogP contribution in [0.25, 0.3) is 5.70 Å². The van der Waals surface area contributed by atoms with E-state index in [0.29, 0.717) is 0 Å². The van der Waals surface area contributed by atoms with Crippen molar-refractivity contribution >= 4 is 17.1 Å². The van der Waals surface area contributed by atoms with Crippen molar-refractivity contribution in [3.8, 4) is 0 Å². The molecule has 0 fully saturated rings. The van der Waals surface area contributed by atoms with E-state index in [9.17, 15) is 10.1 Å². The first-order valence-electron chi connectivity index (χ1n) is 8.35. The molecule has 0 amide bonds. The van der Waals surface area contributed by atoms with Gasteiger partial charge in [-0.1, -0.05) is 24.3 Å². The number of hydrazone groups is 1. The Balaban J connectivity index is 1.77. The summed E-state index contributed by atoms with van der Waals surface area (Å²) in [5, 5.41) is 15.5. The Morgan fingerprint density at radius 3 is 2.15 bits per heavy atom. The quantitative estimate of drug-likeness (QED) is 0.570. The fourth-order valence-electron chi connectivity index (χ4n) is 2.93. The topological polar surface area (TPSA) is 93.3 Å². The number of hydrogen-bond acceptors (Lipinski definition) is 6. The highest BCUT2D eigenvalue weighted by molar-refractivity contribution is 6.06. The summed E-state index contributed by atoms with van der Waals surface area (Å²) < 4.78 is 0. The summed E-state index contributed by atoms with van der Waals surface area (Å²) in [7, 11) is 0. The lowest BCUT2D eigenvalue weighted by atomic mass is 9.89. The molecule has 132 valence electrons. The first-order valence-corrected chi connectivity index (χ1v) is 8.35. The minimum atomic E-state index is -0.408. The van der Waals surface area contributed by atoms with Gasteiger partial charge in [-0.05, 0) is 35.9 Å². The number of rotatable bonds is 4. The van der Waals surface area contributed by atoms with E-state index in [1.54, 1.807) is 24.5 Å². The van der Waals surface area contributed by atoms with Gasteiger partial charge in [-0.2, -0.15) is 5.10 Å². The van der Waals surface area contributed by atoms with Crippen molar-refractivity contribution in [3.63, 3.8) is 0 Å². The number of nitrogens with one attached hydrogen (secondary N) is 1. The van der Waals surface area contributed by atoms with Crippen LogP contribution in [0.4, 0.5) is 5.69 Å². The van der Waals surface area contributed by atoms with Crippen molar-refractivity contribution in [2.75, 3.05) is 0 Å². The van der Waals surface area contributed by atoms with E-state index in [2.05, 4.69) is 20.5 Å². The highest BCUT2D eigenvalue weighted by atomic mass is 16.6. The number of nitro groups is 1. The van der Waals surface area contributed by atoms with Gasteiger partial charge < -0.3 is 0 Å². The van der Waals surface area contributed by atoms with E-state index in [0.717, 1.165) is 28.4 Å². The maximum absolute atomic E-state index is 11.0. The van der Waals surface area contributed by atoms with E-state index in [4.69, 9.17) is 0 Å². The zero-order valence-corrected chi connectivity index (χ0v) is 14.2. The summed E-state index contributed by atoms with van der Waals surface area (Å²) in [6.07, 6.45) is 5.44. The minimum Gasteiger partial charge on any atom is -0.276 e. The summed E-state index contributed by atoms with van der Waals surface area (Å²) in [6.45, 7) is 0. The zero-order valence-electron chi connectivity index (χ0n) is 14.2. The first-order chi connectivity index (χ1) is 13.2. The second kappa shape index (κ2) is 7.17. The third kappa shape index (κ3) is 3.43. The maximum atomic E-state index is 11.0. The molecule has 1 atom stereocenters. The normalized spacial score (nSPS) is 16.1. The summed E-state index contributed by atoms with van der Waals surface area (Å²) >= 11 is 0. The van der Waals surface area contributed by atoms with Crippen LogP contribution >= 0.6 is 0 Å². The molecule has 3 heterocycles. The molecule has 4 rings (SSSR count). The van der Waals surface area contributed by atoms with E-state index in [1.165, 1.54) is 12.1 Å². The molecule has 0 saturated carbocycles. The number of nitrogens with zero attached hydrogens (tertiary/aromatic N) is 4. The van der Waals surface area contributed by atoms with Crippen LogP contribution in [0.2, 0.25) is 0 Å². The van der Waals surface area contributed by atoms with E-state index < -0.39 is 4.92 Å². The summed E-state index contributed by atoms with van der Waals surface area (Å²) in [4.78, 5) is 19.3. The molecule has 1 unspecified atom stereocenters. The van der Waals surface area contributed by atoms with Crippen molar-refractivity contribution in [2.24, 2.45) is 5.10 Å². The third-order valence-corrected chi connectivity index (χ3v) is 4.26. The molecule has 0 saturated heterocycles. The molecular formula is C20H15N5O2. The number of pyridine rings is 2. The summed E-state index contributed by atoms with van der Waals surface area (Å²) in [6, 6.07) is 17.8. The molecule has 1 aromatic carbocycles. The van der Waals surface area contributed by atoms with Gasteiger partial charge in [0.2, 0.25) is 0 Å². The molecule has 0 aliphatic carbocycles. The van der Waals surface area contributed by atoms with Gasteiger partial charge in [-0.3, -0.25) is 25.5 Å². The molecule has 27 heavy (non-hydrogen) atoms. The van der Waals surface area contributed by atoms with Crippen LogP contribution < -0.4 is 5.43 Å². The average molecular weight is 357 g/mol. The van der Waals surface area contributed by atoms with Crippen molar-refractivity contribution < 1.29 is 4.92 Å². The van der Waals surface area contributed by atoms with Crippen LogP contribution in [0.1, 0.15) is 22.9 Å². The van der Waals surface area contributed by atoms with Crippen molar-refractivity contribution in [2.45, 2.75) is 5.92 Å². The summed E-state index contributed by atoms with van der Waals surface area (Å²) in [5.74, 6) is -0.209. The van der Waals surface area contributed by atoms with Gasteiger partial charge in [-0.15, -0.1) is 0 Å². The van der Waals surface area contributed by atoms with E-state index >= 15 is 0 Å². The molecule has 2 aromatic heterocycles. The molecule has 1 aliphatic heterocycles. The third-order valence-electron chi connectivity index (χ3n) is 4.26. The second-order valence-electron chi connectivity index (χ2n) is 5.95. The first kappa shape index (κ1) is 16.6. The summed E-state index contributed by atoms with van der Waals surface area (Å²) in [5.41, 5.74) is 7.02. The molecule has 7 nitrogen and oxygen atoms in total. The van der Waals surface area contributed by atoms with Gasteiger partial charge in [-0.25, -0.2) is 0 Å². The Kier molecular flexibility index (Phi) is 4.40. The smallest absolute Gasteiger partial charge is 0.269 e. The van der Waals surface area contributed by atoms with E-state index in [-0.39, 0.29) is 11.6 Å². The number of benzene rings is 1. The number of hydrogen-bond donors (Lipinski definition) is 1. The van der Waals surface area contributed by atoms with Gasteiger partial charge in [0.25, 0.3) is 5.69 Å². The predicted octanol–water partition coefficient (Wildman–Crippen LogP) is 3.52. The Bertz CT molecular complexity index is 1020. The molecule has 1 N–H and O–H groups in total. The second-order valence-corrected chi connectivity index (χ2v) is 5.95. The number of allylic oxidation sites excluding steroid dienone is 1. The minimum absolute atomic E-state index is 0.0536. The fraction of sp³-hybridized carbons (Fsp3) is 0.0500. The Morgan fingerprint density at radius 1 is 0.889 bits per heavy atom. The van der Waals surface area contributed by atoms with Crippen LogP contribution in [-0.2, 0) is 0 Å². The van der Waals surface area contributed by atoms with Gasteiger partial charge in [0.1, 0.15) is 0 Å². The lowest BCUT2D eigenvalue weighted by Gasteiger charge is -2.22. The zero-order chi connectivity index (χ0) is 18.6. The number of non-ortho nitro benzene ring substituents is 1. The molecule has 7 heteroatoms. The molecule has 3 aromatic rings. The van der Waals surface area contributed by atoms with Crippen LogP contribution in [0.15, 0.2) is 84.2 Å². The van der Waals surface area contributed by atoms with Crippen LogP contribution in [0.5, 0.6) is 0 Å². The van der Waals surface area contributed by atoms with Gasteiger partial charge in [0.15, 0.2) is 0 Å². The number of nitro benzene ring substituents is 1. The van der Waals surface area contributed by atoms with Crippen LogP contribution in [-0.4, -0.2) is 20.6 Å². The number of aromatic nitrogens is 2. The van der Waals surface area contributed by atoms with Crippen LogP contribution in [0, 0.1) is 10.1 Å². The van der Waals surface area contributed by atoms with Crippen molar-refractivity contribution in [1.29, 1.82) is 0 Å². The van der Waals surface area contributed by atoms with Gasteiger partial charge >= 0.3 is 0 Å². The largest absolute Gasteiger partial charge is 0.276 e. The molecule has 0 radical (unpaired) electrons. The van der Waals surface area contributed by atoms with E-state index in [1.807, 2.05) is 42.5 Å². The Labute approximate surface area is 155 Å². The van der Waals surface area contributed by atoms with Gasteiger partial charge in [0, 0.05) is 24.5 Å². The monoisotopic (exact) mass is 357 g/mol. The maximum Gasteiger partial charge on any atom is 0.269 e. The SMILES string of the molecule is O=[N+]([O-])c1ccc(C2C=C(c3ccccn3)NN=C2c2ccccn2)cc1.